The first-order valence-corrected chi connectivity index (χ1v) is 10.4. The van der Waals surface area contributed by atoms with Gasteiger partial charge in [-0.15, -0.1) is 0 Å². The van der Waals surface area contributed by atoms with Crippen LogP contribution < -0.4 is 0 Å². The van der Waals surface area contributed by atoms with Crippen molar-refractivity contribution in [2.24, 2.45) is 0 Å². The Morgan fingerprint density at radius 3 is 1.52 bits per heavy atom. The fraction of sp³-hybridized carbons (Fsp3) is 0.941. The zero-order valence-electron chi connectivity index (χ0n) is 14.8. The maximum Gasteiger partial charge on any atom is 0.451 e. The van der Waals surface area contributed by atoms with Gasteiger partial charge in [-0.25, -0.2) is 4.18 Å². The molecule has 0 unspecified atom stereocenters. The van der Waals surface area contributed by atoms with Crippen molar-refractivity contribution in [1.82, 2.24) is 0 Å². The zero-order chi connectivity index (χ0) is 17.4. The molecule has 0 heterocycles. The molecule has 0 spiro atoms. The van der Waals surface area contributed by atoms with Gasteiger partial charge >= 0.3 is 16.4 Å². The normalized spacial score (nSPS) is 11.6. The minimum absolute atomic E-state index is 0.125. The highest BCUT2D eigenvalue weighted by atomic mass is 32.3. The number of hydrogen-bond acceptors (Lipinski definition) is 5. The van der Waals surface area contributed by atoms with Crippen LogP contribution in [0.15, 0.2) is 0 Å². The second-order valence-electron chi connectivity index (χ2n) is 6.02. The van der Waals surface area contributed by atoms with E-state index in [2.05, 4.69) is 15.3 Å². The molecule has 0 amide bonds. The van der Waals surface area contributed by atoms with E-state index in [-0.39, 0.29) is 6.42 Å². The van der Waals surface area contributed by atoms with Crippen LogP contribution in [0.25, 0.3) is 0 Å². The first-order chi connectivity index (χ1) is 11.0. The topological polar surface area (TPSA) is 69.7 Å². The van der Waals surface area contributed by atoms with Crippen LogP contribution in [0, 0.1) is 0 Å². The van der Waals surface area contributed by atoms with Crippen LogP contribution in [0.3, 0.4) is 0 Å². The summed E-state index contributed by atoms with van der Waals surface area (Å²) in [7, 11) is -3.17. The van der Waals surface area contributed by atoms with Crippen molar-refractivity contribution < 1.29 is 21.6 Å². The Bertz CT molecular complexity index is 378. The lowest BCUT2D eigenvalue weighted by atomic mass is 10.0. The summed E-state index contributed by atoms with van der Waals surface area (Å²) in [5, 5.41) is 0. The fourth-order valence-electron chi connectivity index (χ4n) is 2.48. The van der Waals surface area contributed by atoms with Gasteiger partial charge in [0.25, 0.3) is 0 Å². The minimum atomic E-state index is -4.14. The average Bonchev–Trinajstić information content (AvgIpc) is 2.51. The van der Waals surface area contributed by atoms with Crippen LogP contribution in [0.2, 0.25) is 0 Å². The maximum absolute atomic E-state index is 11.2. The van der Waals surface area contributed by atoms with Gasteiger partial charge in [-0.1, -0.05) is 84.0 Å². The Kier molecular flexibility index (Phi) is 14.5. The largest absolute Gasteiger partial charge is 0.451 e. The lowest BCUT2D eigenvalue weighted by molar-refractivity contribution is -0.134. The highest BCUT2D eigenvalue weighted by molar-refractivity contribution is 7.82. The molecule has 0 atom stereocenters. The summed E-state index contributed by atoms with van der Waals surface area (Å²) in [5.74, 6) is -0.741. The van der Waals surface area contributed by atoms with Crippen LogP contribution in [0.1, 0.15) is 96.8 Å². The molecule has 0 N–H and O–H groups in total. The Morgan fingerprint density at radius 1 is 0.739 bits per heavy atom. The van der Waals surface area contributed by atoms with Gasteiger partial charge in [0.15, 0.2) is 0 Å². The minimum Gasteiger partial charge on any atom is -0.325 e. The lowest BCUT2D eigenvalue weighted by Crippen LogP contribution is -2.13. The van der Waals surface area contributed by atoms with E-state index in [1.165, 1.54) is 64.2 Å². The van der Waals surface area contributed by atoms with Gasteiger partial charge in [-0.2, -0.15) is 8.42 Å². The van der Waals surface area contributed by atoms with Crippen LogP contribution >= 0.6 is 0 Å². The Morgan fingerprint density at radius 2 is 1.13 bits per heavy atom. The van der Waals surface area contributed by atoms with E-state index in [4.69, 9.17) is 0 Å². The van der Waals surface area contributed by atoms with Crippen LogP contribution in [0.4, 0.5) is 0 Å². The molecular formula is C17H34O5S. The predicted molar refractivity (Wildman–Crippen MR) is 92.3 cm³/mol. The Labute approximate surface area is 142 Å². The first-order valence-electron chi connectivity index (χ1n) is 9.04. The number of unbranched alkanes of at least 4 members (excludes halogenated alkanes) is 12. The van der Waals surface area contributed by atoms with Crippen molar-refractivity contribution in [3.05, 3.63) is 0 Å². The monoisotopic (exact) mass is 350 g/mol. The van der Waals surface area contributed by atoms with E-state index < -0.39 is 16.4 Å². The van der Waals surface area contributed by atoms with E-state index in [1.54, 1.807) is 0 Å². The van der Waals surface area contributed by atoms with Crippen molar-refractivity contribution in [1.29, 1.82) is 0 Å². The fourth-order valence-corrected chi connectivity index (χ4v) is 2.86. The molecule has 0 aliphatic carbocycles. The molecule has 0 radical (unpaired) electrons. The molecule has 0 aliphatic heterocycles. The highest BCUT2D eigenvalue weighted by Gasteiger charge is 2.15. The standard InChI is InChI=1S/C17H34O5S/c1-3-4-5-6-7-8-9-10-11-12-13-14-15-16-17(18)22-23(19,20)21-2/h3-16H2,1-2H3. The SMILES string of the molecule is CCCCCCCCCCCCCCCC(=O)OS(=O)(=O)OC. The third kappa shape index (κ3) is 16.0. The van der Waals surface area contributed by atoms with Gasteiger partial charge < -0.3 is 4.18 Å². The molecule has 0 aliphatic rings. The van der Waals surface area contributed by atoms with E-state index in [0.29, 0.717) is 6.42 Å². The molecule has 23 heavy (non-hydrogen) atoms. The molecule has 0 fully saturated rings. The second kappa shape index (κ2) is 14.9. The molecule has 0 bridgehead atoms. The third-order valence-electron chi connectivity index (χ3n) is 3.88. The molecule has 0 rings (SSSR count). The molecule has 0 saturated heterocycles. The summed E-state index contributed by atoms with van der Waals surface area (Å²) < 4.78 is 30.0. The smallest absolute Gasteiger partial charge is 0.325 e. The average molecular weight is 351 g/mol. The number of carbonyl (C=O) groups is 1. The van der Waals surface area contributed by atoms with Crippen molar-refractivity contribution in [3.63, 3.8) is 0 Å². The van der Waals surface area contributed by atoms with E-state index in [9.17, 15) is 13.2 Å². The summed E-state index contributed by atoms with van der Waals surface area (Å²) in [6, 6.07) is 0. The molecule has 6 heteroatoms. The summed E-state index contributed by atoms with van der Waals surface area (Å²) in [4.78, 5) is 11.2. The van der Waals surface area contributed by atoms with Crippen LogP contribution in [-0.2, 0) is 23.6 Å². The molecule has 0 aromatic carbocycles. The Hall–Kier alpha value is -0.620. The summed E-state index contributed by atoms with van der Waals surface area (Å²) in [5.41, 5.74) is 0. The van der Waals surface area contributed by atoms with Crippen molar-refractivity contribution in [2.45, 2.75) is 96.8 Å². The molecule has 138 valence electrons. The zero-order valence-corrected chi connectivity index (χ0v) is 15.7. The van der Waals surface area contributed by atoms with Crippen LogP contribution in [0.5, 0.6) is 0 Å². The number of hydrogen-bond donors (Lipinski definition) is 0. The summed E-state index contributed by atoms with van der Waals surface area (Å²) in [6.07, 6.45) is 16.0. The first kappa shape index (κ1) is 22.4. The summed E-state index contributed by atoms with van der Waals surface area (Å²) >= 11 is 0. The maximum atomic E-state index is 11.2. The molecule has 5 nitrogen and oxygen atoms in total. The van der Waals surface area contributed by atoms with Gasteiger partial charge in [0.2, 0.25) is 0 Å². The van der Waals surface area contributed by atoms with Gasteiger partial charge in [0, 0.05) is 6.42 Å². The van der Waals surface area contributed by atoms with E-state index >= 15 is 0 Å². The molecular weight excluding hydrogens is 316 g/mol. The molecule has 0 aromatic heterocycles. The van der Waals surface area contributed by atoms with Gasteiger partial charge in [-0.3, -0.25) is 4.79 Å². The number of carbonyl (C=O) groups excluding carboxylic acids is 1. The van der Waals surface area contributed by atoms with Crippen molar-refractivity contribution in [3.8, 4) is 0 Å². The Balaban J connectivity index is 3.26. The lowest BCUT2D eigenvalue weighted by Gasteiger charge is -2.04. The third-order valence-corrected chi connectivity index (χ3v) is 4.68. The molecule has 0 aromatic rings. The van der Waals surface area contributed by atoms with Gasteiger partial charge in [0.05, 0.1) is 7.11 Å². The van der Waals surface area contributed by atoms with E-state index in [1.807, 2.05) is 0 Å². The summed E-state index contributed by atoms with van der Waals surface area (Å²) in [6.45, 7) is 2.24. The van der Waals surface area contributed by atoms with Crippen molar-refractivity contribution >= 4 is 16.4 Å². The molecule has 0 saturated carbocycles. The van der Waals surface area contributed by atoms with Gasteiger partial charge in [0.1, 0.15) is 0 Å². The van der Waals surface area contributed by atoms with Crippen molar-refractivity contribution in [2.75, 3.05) is 7.11 Å². The number of rotatable bonds is 16. The predicted octanol–water partition coefficient (Wildman–Crippen LogP) is 4.90. The van der Waals surface area contributed by atoms with Crippen LogP contribution in [-0.4, -0.2) is 21.5 Å². The van der Waals surface area contributed by atoms with Gasteiger partial charge in [-0.05, 0) is 6.42 Å². The quantitative estimate of drug-likeness (QED) is 0.370. The second-order valence-corrected chi connectivity index (χ2v) is 7.34. The highest BCUT2D eigenvalue weighted by Crippen LogP contribution is 2.13. The van der Waals surface area contributed by atoms with E-state index in [0.717, 1.165) is 20.0 Å².